The van der Waals surface area contributed by atoms with Gasteiger partial charge in [-0.15, -0.1) is 0 Å². The predicted octanol–water partition coefficient (Wildman–Crippen LogP) is 2.29. The third kappa shape index (κ3) is 1.70. The molecule has 0 saturated heterocycles. The average molecular weight is 344 g/mol. The molecule has 0 amide bonds. The van der Waals surface area contributed by atoms with E-state index in [1.165, 1.54) is 0 Å². The van der Waals surface area contributed by atoms with Crippen LogP contribution in [0.5, 0.6) is 0 Å². The molecule has 3 fully saturated rings. The highest BCUT2D eigenvalue weighted by Crippen LogP contribution is 2.68. The summed E-state index contributed by atoms with van der Waals surface area (Å²) in [6.45, 7) is 7.42. The van der Waals surface area contributed by atoms with Gasteiger partial charge in [0.2, 0.25) is 0 Å². The third-order valence-electron chi connectivity index (χ3n) is 7.83. The van der Waals surface area contributed by atoms with Crippen molar-refractivity contribution in [3.05, 3.63) is 23.8 Å². The van der Waals surface area contributed by atoms with Gasteiger partial charge in [-0.2, -0.15) is 0 Å². The Kier molecular flexibility index (Phi) is 3.14. The first kappa shape index (κ1) is 16.7. The molecule has 6 unspecified atom stereocenters. The van der Waals surface area contributed by atoms with E-state index in [2.05, 4.69) is 6.58 Å². The Morgan fingerprint density at radius 1 is 1.28 bits per heavy atom. The van der Waals surface area contributed by atoms with Crippen molar-refractivity contribution in [2.24, 2.45) is 28.1 Å². The SMILES string of the molecule is C=C1C(=O)C23CCC4C(C)(C(=O)O)CCC(=O)C4(C)C2=CC(O)C1C3. The summed E-state index contributed by atoms with van der Waals surface area (Å²) < 4.78 is 0. The van der Waals surface area contributed by atoms with Gasteiger partial charge in [0.15, 0.2) is 5.78 Å². The van der Waals surface area contributed by atoms with Gasteiger partial charge in [0, 0.05) is 12.3 Å². The first-order valence-corrected chi connectivity index (χ1v) is 9.00. The summed E-state index contributed by atoms with van der Waals surface area (Å²) in [7, 11) is 0. The number of aliphatic carboxylic acids is 1. The molecule has 0 radical (unpaired) electrons. The molecule has 0 aromatic heterocycles. The lowest BCUT2D eigenvalue weighted by atomic mass is 9.43. The van der Waals surface area contributed by atoms with Crippen LogP contribution in [0.2, 0.25) is 0 Å². The highest BCUT2D eigenvalue weighted by atomic mass is 16.4. The number of allylic oxidation sites excluding steroid dienone is 1. The average Bonchev–Trinajstić information content (AvgIpc) is 2.77. The van der Waals surface area contributed by atoms with Crippen molar-refractivity contribution in [3.63, 3.8) is 0 Å². The number of carboxylic acids is 1. The summed E-state index contributed by atoms with van der Waals surface area (Å²) in [6, 6.07) is 0. The fraction of sp³-hybridized carbons (Fsp3) is 0.650. The van der Waals surface area contributed by atoms with Crippen molar-refractivity contribution in [2.45, 2.75) is 52.1 Å². The van der Waals surface area contributed by atoms with Crippen molar-refractivity contribution < 1.29 is 24.6 Å². The van der Waals surface area contributed by atoms with E-state index in [-0.39, 0.29) is 29.8 Å². The lowest BCUT2D eigenvalue weighted by Crippen LogP contribution is -2.59. The van der Waals surface area contributed by atoms with Gasteiger partial charge < -0.3 is 10.2 Å². The fourth-order valence-corrected chi connectivity index (χ4v) is 6.32. The largest absolute Gasteiger partial charge is 0.481 e. The molecule has 6 atom stereocenters. The number of carbonyl (C=O) groups is 3. The Morgan fingerprint density at radius 3 is 2.60 bits per heavy atom. The van der Waals surface area contributed by atoms with Gasteiger partial charge in [0.1, 0.15) is 5.78 Å². The Bertz CT molecular complexity index is 764. The first-order valence-electron chi connectivity index (χ1n) is 9.00. The molecule has 0 aromatic carbocycles. The monoisotopic (exact) mass is 344 g/mol. The Balaban J connectivity index is 1.93. The van der Waals surface area contributed by atoms with Crippen molar-refractivity contribution in [2.75, 3.05) is 0 Å². The van der Waals surface area contributed by atoms with Crippen LogP contribution in [-0.4, -0.2) is 33.9 Å². The van der Waals surface area contributed by atoms with Crippen LogP contribution in [0.4, 0.5) is 0 Å². The molecule has 5 nitrogen and oxygen atoms in total. The van der Waals surface area contributed by atoms with Crippen molar-refractivity contribution in [1.29, 1.82) is 0 Å². The van der Waals surface area contributed by atoms with E-state index in [4.69, 9.17) is 0 Å². The second kappa shape index (κ2) is 4.70. The van der Waals surface area contributed by atoms with Crippen molar-refractivity contribution in [3.8, 4) is 0 Å². The molecule has 2 bridgehead atoms. The molecule has 1 spiro atoms. The summed E-state index contributed by atoms with van der Waals surface area (Å²) in [5.41, 5.74) is -1.65. The summed E-state index contributed by atoms with van der Waals surface area (Å²) in [4.78, 5) is 38.1. The van der Waals surface area contributed by atoms with Gasteiger partial charge in [-0.3, -0.25) is 14.4 Å². The standard InChI is InChI=1S/C20H24O5/c1-10-11-9-20(16(10)23)7-4-13-18(2,17(24)25)6-5-15(22)19(13,3)14(20)8-12(11)21/h8,11-13,21H,1,4-7,9H2,2-3H3,(H,24,25). The minimum atomic E-state index is -1.00. The molecule has 0 heterocycles. The van der Waals surface area contributed by atoms with Gasteiger partial charge in [-0.25, -0.2) is 0 Å². The van der Waals surface area contributed by atoms with Crippen LogP contribution < -0.4 is 0 Å². The maximum absolute atomic E-state index is 13.0. The smallest absolute Gasteiger partial charge is 0.309 e. The quantitative estimate of drug-likeness (QED) is 0.562. The number of Topliss-reactive ketones (excluding diaryl/α,β-unsaturated/α-hetero) is 2. The second-order valence-corrected chi connectivity index (χ2v) is 8.76. The molecular formula is C20H24O5. The van der Waals surface area contributed by atoms with Crippen LogP contribution in [0.3, 0.4) is 0 Å². The number of aliphatic hydroxyl groups excluding tert-OH is 1. The molecular weight excluding hydrogens is 320 g/mol. The van der Waals surface area contributed by atoms with E-state index >= 15 is 0 Å². The predicted molar refractivity (Wildman–Crippen MR) is 89.6 cm³/mol. The number of ketones is 2. The lowest BCUT2D eigenvalue weighted by molar-refractivity contribution is -0.166. The van der Waals surface area contributed by atoms with E-state index in [1.54, 1.807) is 19.9 Å². The van der Waals surface area contributed by atoms with E-state index in [9.17, 15) is 24.6 Å². The van der Waals surface area contributed by atoms with Gasteiger partial charge in [0.05, 0.1) is 22.3 Å². The molecule has 25 heavy (non-hydrogen) atoms. The minimum absolute atomic E-state index is 0.00230. The number of carboxylic acid groups (broad SMARTS) is 1. The van der Waals surface area contributed by atoms with Crippen molar-refractivity contribution >= 4 is 17.5 Å². The van der Waals surface area contributed by atoms with Crippen LogP contribution in [-0.2, 0) is 14.4 Å². The fourth-order valence-electron chi connectivity index (χ4n) is 6.32. The number of fused-ring (bicyclic) bond motifs is 3. The highest BCUT2D eigenvalue weighted by molar-refractivity contribution is 6.07. The zero-order valence-electron chi connectivity index (χ0n) is 14.7. The highest BCUT2D eigenvalue weighted by Gasteiger charge is 2.68. The molecule has 3 saturated carbocycles. The van der Waals surface area contributed by atoms with Gasteiger partial charge >= 0.3 is 5.97 Å². The summed E-state index contributed by atoms with van der Waals surface area (Å²) in [5, 5.41) is 20.4. The Hall–Kier alpha value is -1.75. The number of hydrogen-bond donors (Lipinski definition) is 2. The minimum Gasteiger partial charge on any atom is -0.481 e. The van der Waals surface area contributed by atoms with E-state index in [0.717, 1.165) is 0 Å². The number of rotatable bonds is 1. The number of hydrogen-bond acceptors (Lipinski definition) is 4. The van der Waals surface area contributed by atoms with Gasteiger partial charge in [0.25, 0.3) is 0 Å². The summed E-state index contributed by atoms with van der Waals surface area (Å²) in [6.07, 6.45) is 2.94. The maximum atomic E-state index is 13.0. The Labute approximate surface area is 146 Å². The molecule has 134 valence electrons. The zero-order chi connectivity index (χ0) is 18.4. The zero-order valence-corrected chi connectivity index (χ0v) is 14.7. The third-order valence-corrected chi connectivity index (χ3v) is 7.83. The molecule has 5 heteroatoms. The first-order chi connectivity index (χ1) is 11.6. The number of carbonyl (C=O) groups excluding carboxylic acids is 2. The maximum Gasteiger partial charge on any atom is 0.309 e. The van der Waals surface area contributed by atoms with Gasteiger partial charge in [-0.1, -0.05) is 12.7 Å². The molecule has 4 aliphatic rings. The second-order valence-electron chi connectivity index (χ2n) is 8.76. The molecule has 0 aliphatic heterocycles. The van der Waals surface area contributed by atoms with Crippen LogP contribution in [0.1, 0.15) is 46.0 Å². The van der Waals surface area contributed by atoms with Crippen LogP contribution >= 0.6 is 0 Å². The molecule has 4 aliphatic carbocycles. The van der Waals surface area contributed by atoms with Crippen molar-refractivity contribution in [1.82, 2.24) is 0 Å². The molecule has 2 N–H and O–H groups in total. The summed E-state index contributed by atoms with van der Waals surface area (Å²) in [5.74, 6) is -1.58. The van der Waals surface area contributed by atoms with Crippen LogP contribution in [0, 0.1) is 28.1 Å². The summed E-state index contributed by atoms with van der Waals surface area (Å²) >= 11 is 0. The van der Waals surface area contributed by atoms with E-state index in [0.29, 0.717) is 36.8 Å². The number of aliphatic hydroxyl groups is 1. The normalized spacial score (nSPS) is 48.7. The lowest BCUT2D eigenvalue weighted by Gasteiger charge is -2.58. The van der Waals surface area contributed by atoms with Crippen LogP contribution in [0.25, 0.3) is 0 Å². The molecule has 4 rings (SSSR count). The van der Waals surface area contributed by atoms with E-state index in [1.807, 2.05) is 0 Å². The molecule has 0 aromatic rings. The van der Waals surface area contributed by atoms with Gasteiger partial charge in [-0.05, 0) is 56.6 Å². The van der Waals surface area contributed by atoms with E-state index < -0.39 is 28.3 Å². The Morgan fingerprint density at radius 2 is 1.96 bits per heavy atom. The van der Waals surface area contributed by atoms with Crippen LogP contribution in [0.15, 0.2) is 23.8 Å². The topological polar surface area (TPSA) is 91.7 Å².